The lowest BCUT2D eigenvalue weighted by Gasteiger charge is -2.19. The van der Waals surface area contributed by atoms with Crippen molar-refractivity contribution in [2.45, 2.75) is 32.9 Å². The van der Waals surface area contributed by atoms with Crippen LogP contribution in [0.25, 0.3) is 0 Å². The smallest absolute Gasteiger partial charge is 0.236 e. The molecule has 4 nitrogen and oxygen atoms in total. The molecule has 0 radical (unpaired) electrons. The molecule has 0 aliphatic heterocycles. The molecule has 1 aromatic rings. The van der Waals surface area contributed by atoms with E-state index < -0.39 is 0 Å². The molecule has 1 atom stereocenters. The minimum Gasteiger partial charge on any atom is -0.340 e. The number of likely N-dealkylation sites (N-methyl/N-ethyl adjacent to an activating group) is 1. The highest BCUT2D eigenvalue weighted by Gasteiger charge is 2.09. The number of nitrogens with zero attached hydrogens (tertiary/aromatic N) is 2. The van der Waals surface area contributed by atoms with E-state index in [9.17, 15) is 4.79 Å². The minimum absolute atomic E-state index is 0.113. The largest absolute Gasteiger partial charge is 0.340 e. The van der Waals surface area contributed by atoms with Crippen LogP contribution in [0.4, 0.5) is 0 Å². The van der Waals surface area contributed by atoms with Crippen molar-refractivity contribution in [3.63, 3.8) is 0 Å². The minimum atomic E-state index is 0.113. The Kier molecular flexibility index (Phi) is 5.63. The lowest BCUT2D eigenvalue weighted by atomic mass is 10.2. The molecule has 0 fully saturated rings. The van der Waals surface area contributed by atoms with Gasteiger partial charge < -0.3 is 10.2 Å². The number of rotatable bonds is 6. The van der Waals surface area contributed by atoms with Gasteiger partial charge in [0.25, 0.3) is 0 Å². The summed E-state index contributed by atoms with van der Waals surface area (Å²) in [6.45, 7) is 5.21. The third-order valence-electron chi connectivity index (χ3n) is 2.81. The SMILES string of the molecule is CCC(C)NCC(=O)N(C)Cc1ccncc1. The highest BCUT2D eigenvalue weighted by molar-refractivity contribution is 5.77. The summed E-state index contributed by atoms with van der Waals surface area (Å²) in [5.74, 6) is 0.113. The first kappa shape index (κ1) is 13.6. The molecular formula is C13H21N3O. The summed E-state index contributed by atoms with van der Waals surface area (Å²) in [7, 11) is 1.82. The molecule has 0 saturated heterocycles. The number of hydrogen-bond acceptors (Lipinski definition) is 3. The summed E-state index contributed by atoms with van der Waals surface area (Å²) in [5.41, 5.74) is 1.10. The molecule has 0 bridgehead atoms. The van der Waals surface area contributed by atoms with Crippen molar-refractivity contribution in [2.75, 3.05) is 13.6 Å². The Balaban J connectivity index is 2.37. The quantitative estimate of drug-likeness (QED) is 0.811. The monoisotopic (exact) mass is 235 g/mol. The Hall–Kier alpha value is -1.42. The van der Waals surface area contributed by atoms with Gasteiger partial charge in [-0.05, 0) is 31.0 Å². The fourth-order valence-electron chi connectivity index (χ4n) is 1.39. The van der Waals surface area contributed by atoms with E-state index in [-0.39, 0.29) is 5.91 Å². The summed E-state index contributed by atoms with van der Waals surface area (Å²) in [6.07, 6.45) is 4.51. The third-order valence-corrected chi connectivity index (χ3v) is 2.81. The van der Waals surface area contributed by atoms with Crippen LogP contribution in [0.5, 0.6) is 0 Å². The second kappa shape index (κ2) is 7.01. The van der Waals surface area contributed by atoms with Gasteiger partial charge in [-0.15, -0.1) is 0 Å². The van der Waals surface area contributed by atoms with Crippen LogP contribution in [0.3, 0.4) is 0 Å². The molecular weight excluding hydrogens is 214 g/mol. The molecule has 4 heteroatoms. The van der Waals surface area contributed by atoms with Gasteiger partial charge in [0.1, 0.15) is 0 Å². The first-order chi connectivity index (χ1) is 8.13. The molecule has 1 rings (SSSR count). The number of amides is 1. The molecule has 0 spiro atoms. The van der Waals surface area contributed by atoms with Crippen LogP contribution >= 0.6 is 0 Å². The number of hydrogen-bond donors (Lipinski definition) is 1. The molecule has 17 heavy (non-hydrogen) atoms. The molecule has 1 amide bonds. The van der Waals surface area contributed by atoms with Gasteiger partial charge in [-0.25, -0.2) is 0 Å². The number of carbonyl (C=O) groups is 1. The summed E-state index contributed by atoms with van der Waals surface area (Å²) in [6, 6.07) is 4.23. The van der Waals surface area contributed by atoms with Crippen molar-refractivity contribution in [3.05, 3.63) is 30.1 Å². The zero-order chi connectivity index (χ0) is 12.7. The van der Waals surface area contributed by atoms with Gasteiger partial charge in [0, 0.05) is 32.0 Å². The van der Waals surface area contributed by atoms with E-state index in [1.165, 1.54) is 0 Å². The number of aromatic nitrogens is 1. The Bertz CT molecular complexity index is 340. The van der Waals surface area contributed by atoms with Crippen molar-refractivity contribution in [1.82, 2.24) is 15.2 Å². The van der Waals surface area contributed by atoms with Crippen molar-refractivity contribution in [1.29, 1.82) is 0 Å². The molecule has 0 aromatic carbocycles. The second-order valence-corrected chi connectivity index (χ2v) is 4.30. The van der Waals surface area contributed by atoms with Crippen LogP contribution in [0.1, 0.15) is 25.8 Å². The van der Waals surface area contributed by atoms with Crippen molar-refractivity contribution in [2.24, 2.45) is 0 Å². The molecule has 1 unspecified atom stereocenters. The van der Waals surface area contributed by atoms with Gasteiger partial charge >= 0.3 is 0 Å². The summed E-state index contributed by atoms with van der Waals surface area (Å²) in [4.78, 5) is 17.5. The zero-order valence-corrected chi connectivity index (χ0v) is 10.8. The van der Waals surface area contributed by atoms with Gasteiger partial charge in [0.05, 0.1) is 6.54 Å². The van der Waals surface area contributed by atoms with Gasteiger partial charge in [-0.2, -0.15) is 0 Å². The zero-order valence-electron chi connectivity index (χ0n) is 10.8. The van der Waals surface area contributed by atoms with Crippen LogP contribution in [-0.4, -0.2) is 35.4 Å². The molecule has 94 valence electrons. The first-order valence-electron chi connectivity index (χ1n) is 5.99. The number of carbonyl (C=O) groups excluding carboxylic acids is 1. The van der Waals surface area contributed by atoms with Crippen LogP contribution in [0.15, 0.2) is 24.5 Å². The predicted octanol–water partition coefficient (Wildman–Crippen LogP) is 1.43. The molecule has 0 aliphatic carbocycles. The molecule has 1 heterocycles. The molecule has 1 N–H and O–H groups in total. The Morgan fingerprint density at radius 1 is 1.47 bits per heavy atom. The number of nitrogens with one attached hydrogen (secondary N) is 1. The summed E-state index contributed by atoms with van der Waals surface area (Å²) < 4.78 is 0. The highest BCUT2D eigenvalue weighted by atomic mass is 16.2. The fourth-order valence-corrected chi connectivity index (χ4v) is 1.39. The van der Waals surface area contributed by atoms with E-state index >= 15 is 0 Å². The first-order valence-corrected chi connectivity index (χ1v) is 5.99. The number of pyridine rings is 1. The van der Waals surface area contributed by atoms with E-state index in [0.29, 0.717) is 19.1 Å². The summed E-state index contributed by atoms with van der Waals surface area (Å²) >= 11 is 0. The van der Waals surface area contributed by atoms with Gasteiger partial charge in [-0.1, -0.05) is 6.92 Å². The lowest BCUT2D eigenvalue weighted by Crippen LogP contribution is -2.38. The molecule has 1 aromatic heterocycles. The van der Waals surface area contributed by atoms with E-state index in [1.54, 1.807) is 17.3 Å². The lowest BCUT2D eigenvalue weighted by molar-refractivity contribution is -0.129. The van der Waals surface area contributed by atoms with E-state index in [2.05, 4.69) is 24.1 Å². The fraction of sp³-hybridized carbons (Fsp3) is 0.538. The average Bonchev–Trinajstić information content (AvgIpc) is 2.36. The van der Waals surface area contributed by atoms with Crippen LogP contribution < -0.4 is 5.32 Å². The normalized spacial score (nSPS) is 12.2. The van der Waals surface area contributed by atoms with E-state index in [4.69, 9.17) is 0 Å². The topological polar surface area (TPSA) is 45.2 Å². The maximum atomic E-state index is 11.8. The Morgan fingerprint density at radius 3 is 2.71 bits per heavy atom. The highest BCUT2D eigenvalue weighted by Crippen LogP contribution is 2.01. The molecule has 0 aliphatic rings. The Morgan fingerprint density at radius 2 is 2.12 bits per heavy atom. The van der Waals surface area contributed by atoms with Crippen LogP contribution in [0.2, 0.25) is 0 Å². The van der Waals surface area contributed by atoms with Crippen molar-refractivity contribution < 1.29 is 4.79 Å². The maximum Gasteiger partial charge on any atom is 0.236 e. The van der Waals surface area contributed by atoms with Gasteiger partial charge in [0.2, 0.25) is 5.91 Å². The van der Waals surface area contributed by atoms with E-state index in [0.717, 1.165) is 12.0 Å². The van der Waals surface area contributed by atoms with Crippen molar-refractivity contribution >= 4 is 5.91 Å². The maximum absolute atomic E-state index is 11.8. The van der Waals surface area contributed by atoms with Crippen LogP contribution in [0, 0.1) is 0 Å². The Labute approximate surface area is 103 Å². The van der Waals surface area contributed by atoms with E-state index in [1.807, 2.05) is 19.2 Å². The summed E-state index contributed by atoms with van der Waals surface area (Å²) in [5, 5.41) is 3.20. The van der Waals surface area contributed by atoms with Crippen molar-refractivity contribution in [3.8, 4) is 0 Å². The van der Waals surface area contributed by atoms with Gasteiger partial charge in [-0.3, -0.25) is 9.78 Å². The van der Waals surface area contributed by atoms with Gasteiger partial charge in [0.15, 0.2) is 0 Å². The average molecular weight is 235 g/mol. The predicted molar refractivity (Wildman–Crippen MR) is 68.5 cm³/mol. The van der Waals surface area contributed by atoms with Crippen LogP contribution in [-0.2, 0) is 11.3 Å². The third kappa shape index (κ3) is 4.95. The molecule has 0 saturated carbocycles. The standard InChI is InChI=1S/C13H21N3O/c1-4-11(2)15-9-13(17)16(3)10-12-5-7-14-8-6-12/h5-8,11,15H,4,9-10H2,1-3H3. The second-order valence-electron chi connectivity index (χ2n) is 4.30.